The molecular weight excluding hydrogens is 536 g/mol. The molecule has 14 heteroatoms. The van der Waals surface area contributed by atoms with Crippen LogP contribution in [0.2, 0.25) is 0 Å². The molecule has 14 nitrogen and oxygen atoms in total. The van der Waals surface area contributed by atoms with Crippen LogP contribution in [0.3, 0.4) is 0 Å². The molecule has 0 unspecified atom stereocenters. The van der Waals surface area contributed by atoms with Gasteiger partial charge >= 0.3 is 0 Å². The zero-order valence-corrected chi connectivity index (χ0v) is 22.8. The van der Waals surface area contributed by atoms with Crippen LogP contribution in [-0.2, 0) is 13.1 Å². The second-order valence-electron chi connectivity index (χ2n) is 9.23. The minimum atomic E-state index is 0.00454. The van der Waals surface area contributed by atoms with E-state index in [-0.39, 0.29) is 13.2 Å². The van der Waals surface area contributed by atoms with E-state index in [9.17, 15) is 0 Å². The molecule has 0 aliphatic heterocycles. The predicted octanol–water partition coefficient (Wildman–Crippen LogP) is 1.72. The van der Waals surface area contributed by atoms with E-state index in [0.717, 1.165) is 11.1 Å². The van der Waals surface area contributed by atoms with Gasteiger partial charge in [-0.2, -0.15) is 19.9 Å². The van der Waals surface area contributed by atoms with Crippen molar-refractivity contribution < 1.29 is 10.2 Å². The number of anilines is 4. The van der Waals surface area contributed by atoms with Crippen LogP contribution in [0.25, 0.3) is 22.3 Å². The average Bonchev–Trinajstić information content (AvgIpc) is 3.61. The van der Waals surface area contributed by atoms with Gasteiger partial charge in [0.15, 0.2) is 22.9 Å². The summed E-state index contributed by atoms with van der Waals surface area (Å²) in [6.07, 6.45) is 3.41. The van der Waals surface area contributed by atoms with Gasteiger partial charge < -0.3 is 41.4 Å². The Morgan fingerprint density at radius 3 is 1.38 bits per heavy atom. The molecule has 0 bridgehead atoms. The number of rotatable bonds is 10. The van der Waals surface area contributed by atoms with Gasteiger partial charge in [0.1, 0.15) is 11.0 Å². The van der Waals surface area contributed by atoms with Gasteiger partial charge in [-0.15, -0.1) is 0 Å². The van der Waals surface area contributed by atoms with Gasteiger partial charge in [-0.3, -0.25) is 0 Å². The fourth-order valence-corrected chi connectivity index (χ4v) is 4.22. The molecule has 0 saturated heterocycles. The van der Waals surface area contributed by atoms with Crippen molar-refractivity contribution in [3.8, 4) is 0 Å². The Balaban J connectivity index is 0.000000168. The monoisotopic (exact) mass is 568 g/mol. The van der Waals surface area contributed by atoms with E-state index in [1.165, 1.54) is 0 Å². The molecule has 0 saturated carbocycles. The van der Waals surface area contributed by atoms with Crippen molar-refractivity contribution >= 4 is 45.9 Å². The number of nitrogens with zero attached hydrogens (tertiary/aromatic N) is 8. The third kappa shape index (κ3) is 6.68. The van der Waals surface area contributed by atoms with E-state index in [1.54, 1.807) is 12.7 Å². The number of fused-ring (bicyclic) bond motifs is 2. The molecule has 6 aromatic rings. The number of aliphatic hydroxyl groups excluding tert-OH is 2. The molecule has 42 heavy (non-hydrogen) atoms. The van der Waals surface area contributed by atoms with Crippen LogP contribution in [0.5, 0.6) is 0 Å². The SMILES string of the molecule is Nc1nc(NCCO)nc2c1ncn2Cc1ccccc1.Nc1nc(NCCO)nc2c1ncn2Cc1ccccc1. The van der Waals surface area contributed by atoms with E-state index in [0.29, 0.717) is 72.0 Å². The van der Waals surface area contributed by atoms with Crippen molar-refractivity contribution in [2.24, 2.45) is 0 Å². The molecule has 0 radical (unpaired) electrons. The third-order valence-corrected chi connectivity index (χ3v) is 6.16. The molecule has 4 aromatic heterocycles. The summed E-state index contributed by atoms with van der Waals surface area (Å²) in [5.74, 6) is 1.44. The van der Waals surface area contributed by atoms with Crippen molar-refractivity contribution in [1.82, 2.24) is 39.0 Å². The standard InChI is InChI=1S/2C14H16N6O/c2*15-12-11-13(19-14(18-12)16-6-7-21)20(9-17-11)8-10-4-2-1-3-5-10/h2*1-5,9,21H,6-8H2,(H3,15,16,18,19). The highest BCUT2D eigenvalue weighted by atomic mass is 16.3. The summed E-state index contributed by atoms with van der Waals surface area (Å²) in [7, 11) is 0. The van der Waals surface area contributed by atoms with Crippen molar-refractivity contribution in [2.75, 3.05) is 48.4 Å². The first kappa shape index (κ1) is 28.2. The maximum absolute atomic E-state index is 8.85. The fraction of sp³-hybridized carbons (Fsp3) is 0.214. The summed E-state index contributed by atoms with van der Waals surface area (Å²) >= 11 is 0. The van der Waals surface area contributed by atoms with E-state index in [1.807, 2.05) is 69.8 Å². The molecule has 0 amide bonds. The van der Waals surface area contributed by atoms with Crippen LogP contribution in [0, 0.1) is 0 Å². The van der Waals surface area contributed by atoms with E-state index in [2.05, 4.69) is 40.5 Å². The summed E-state index contributed by atoms with van der Waals surface area (Å²) < 4.78 is 3.85. The Morgan fingerprint density at radius 2 is 1.00 bits per heavy atom. The lowest BCUT2D eigenvalue weighted by Gasteiger charge is -2.07. The Bertz CT molecular complexity index is 1610. The summed E-state index contributed by atoms with van der Waals surface area (Å²) in [5.41, 5.74) is 16.6. The van der Waals surface area contributed by atoms with Crippen LogP contribution in [0.15, 0.2) is 73.3 Å². The molecule has 4 heterocycles. The Kier molecular flexibility index (Phi) is 8.96. The lowest BCUT2D eigenvalue weighted by atomic mass is 10.2. The molecule has 216 valence electrons. The first-order valence-electron chi connectivity index (χ1n) is 13.3. The number of aliphatic hydroxyl groups is 2. The number of nitrogen functional groups attached to an aromatic ring is 2. The number of hydrogen-bond donors (Lipinski definition) is 6. The van der Waals surface area contributed by atoms with Crippen LogP contribution in [-0.4, -0.2) is 75.6 Å². The van der Waals surface area contributed by atoms with Crippen molar-refractivity contribution in [3.05, 3.63) is 84.4 Å². The zero-order valence-electron chi connectivity index (χ0n) is 22.8. The van der Waals surface area contributed by atoms with Gasteiger partial charge in [-0.25, -0.2) is 9.97 Å². The van der Waals surface area contributed by atoms with Gasteiger partial charge in [-0.1, -0.05) is 60.7 Å². The average molecular weight is 569 g/mol. The summed E-state index contributed by atoms with van der Waals surface area (Å²) in [6.45, 7) is 2.07. The molecule has 0 fully saturated rings. The van der Waals surface area contributed by atoms with Gasteiger partial charge in [0.05, 0.1) is 39.0 Å². The predicted molar refractivity (Wildman–Crippen MR) is 162 cm³/mol. The normalized spacial score (nSPS) is 10.9. The van der Waals surface area contributed by atoms with Crippen molar-refractivity contribution in [2.45, 2.75) is 13.1 Å². The van der Waals surface area contributed by atoms with Gasteiger partial charge in [0.25, 0.3) is 0 Å². The second-order valence-corrected chi connectivity index (χ2v) is 9.23. The molecule has 0 spiro atoms. The second kappa shape index (κ2) is 13.3. The molecular formula is C28H32N12O2. The van der Waals surface area contributed by atoms with Crippen molar-refractivity contribution in [3.63, 3.8) is 0 Å². The molecule has 2 aromatic carbocycles. The molecule has 6 rings (SSSR count). The van der Waals surface area contributed by atoms with Crippen LogP contribution in [0.4, 0.5) is 23.5 Å². The number of imidazole rings is 2. The molecule has 0 aliphatic rings. The number of aromatic nitrogens is 8. The number of benzene rings is 2. The molecule has 8 N–H and O–H groups in total. The maximum atomic E-state index is 8.85. The number of nitrogens with two attached hydrogens (primary N) is 2. The van der Waals surface area contributed by atoms with Gasteiger partial charge in [0.2, 0.25) is 11.9 Å². The summed E-state index contributed by atoms with van der Waals surface area (Å²) in [6, 6.07) is 20.1. The quantitative estimate of drug-likeness (QED) is 0.140. The maximum Gasteiger partial charge on any atom is 0.226 e. The lowest BCUT2D eigenvalue weighted by molar-refractivity contribution is 0.310. The van der Waals surface area contributed by atoms with Crippen LogP contribution < -0.4 is 22.1 Å². The summed E-state index contributed by atoms with van der Waals surface area (Å²) in [5, 5.41) is 23.5. The highest BCUT2D eigenvalue weighted by Crippen LogP contribution is 2.20. The van der Waals surface area contributed by atoms with E-state index < -0.39 is 0 Å². The molecule has 0 aliphatic carbocycles. The Labute approximate surface area is 241 Å². The van der Waals surface area contributed by atoms with Crippen LogP contribution >= 0.6 is 0 Å². The third-order valence-electron chi connectivity index (χ3n) is 6.16. The number of nitrogens with one attached hydrogen (secondary N) is 2. The Morgan fingerprint density at radius 1 is 0.595 bits per heavy atom. The summed E-state index contributed by atoms with van der Waals surface area (Å²) in [4.78, 5) is 25.6. The zero-order chi connectivity index (χ0) is 29.3. The van der Waals surface area contributed by atoms with Crippen molar-refractivity contribution in [1.29, 1.82) is 0 Å². The fourth-order valence-electron chi connectivity index (χ4n) is 4.22. The number of hydrogen-bond acceptors (Lipinski definition) is 12. The minimum Gasteiger partial charge on any atom is -0.395 e. The Hall–Kier alpha value is -5.34. The smallest absolute Gasteiger partial charge is 0.226 e. The topological polar surface area (TPSA) is 204 Å². The largest absolute Gasteiger partial charge is 0.395 e. The minimum absolute atomic E-state index is 0.00454. The van der Waals surface area contributed by atoms with E-state index >= 15 is 0 Å². The lowest BCUT2D eigenvalue weighted by Crippen LogP contribution is -2.10. The first-order valence-corrected chi connectivity index (χ1v) is 13.3. The highest BCUT2D eigenvalue weighted by molar-refractivity contribution is 5.83. The van der Waals surface area contributed by atoms with Gasteiger partial charge in [0, 0.05) is 13.1 Å². The molecule has 0 atom stereocenters. The highest BCUT2D eigenvalue weighted by Gasteiger charge is 2.12. The van der Waals surface area contributed by atoms with E-state index in [4.69, 9.17) is 21.7 Å². The first-order chi connectivity index (χ1) is 20.6. The van der Waals surface area contributed by atoms with Crippen LogP contribution in [0.1, 0.15) is 11.1 Å². The van der Waals surface area contributed by atoms with Gasteiger partial charge in [-0.05, 0) is 11.1 Å².